The predicted molar refractivity (Wildman–Crippen MR) is 59.2 cm³/mol. The van der Waals surface area contributed by atoms with Gasteiger partial charge in [-0.15, -0.1) is 0 Å². The maximum atomic E-state index is 12.9. The number of fused-ring (bicyclic) bond motifs is 1. The van der Waals surface area contributed by atoms with Gasteiger partial charge in [-0.3, -0.25) is 0 Å². The van der Waals surface area contributed by atoms with Gasteiger partial charge in [0.25, 0.3) is 0 Å². The Bertz CT molecular complexity index is 623. The Hall–Kier alpha value is -2.16. The smallest absolute Gasteiger partial charge is 0.431 e. The van der Waals surface area contributed by atoms with E-state index in [0.717, 1.165) is 0 Å². The van der Waals surface area contributed by atoms with Gasteiger partial charge in [-0.05, 0) is 6.07 Å². The van der Waals surface area contributed by atoms with Gasteiger partial charge in [0.15, 0.2) is 0 Å². The molecular formula is C12H9F3N2O. The lowest BCUT2D eigenvalue weighted by atomic mass is 10.1. The molecule has 0 radical (unpaired) electrons. The van der Waals surface area contributed by atoms with Gasteiger partial charge in [0.2, 0.25) is 0 Å². The molecule has 0 bridgehead atoms. The Morgan fingerprint density at radius 2 is 2.11 bits per heavy atom. The van der Waals surface area contributed by atoms with Gasteiger partial charge in [0, 0.05) is 10.9 Å². The van der Waals surface area contributed by atoms with Gasteiger partial charge in [0.05, 0.1) is 25.1 Å². The van der Waals surface area contributed by atoms with E-state index in [1.165, 1.54) is 13.2 Å². The summed E-state index contributed by atoms with van der Waals surface area (Å²) in [6, 6.07) is 6.45. The van der Waals surface area contributed by atoms with E-state index in [0.29, 0.717) is 11.1 Å². The van der Waals surface area contributed by atoms with E-state index in [1.54, 1.807) is 18.2 Å². The number of hydrogen-bond acceptors (Lipinski definition) is 2. The van der Waals surface area contributed by atoms with E-state index in [4.69, 9.17) is 10.00 Å². The number of nitrogens with one attached hydrogen (secondary N) is 1. The highest BCUT2D eigenvalue weighted by molar-refractivity contribution is 5.90. The monoisotopic (exact) mass is 254 g/mol. The minimum atomic E-state index is -4.52. The highest BCUT2D eigenvalue weighted by Crippen LogP contribution is 2.38. The number of methoxy groups -OCH3 is 1. The van der Waals surface area contributed by atoms with Crippen molar-refractivity contribution >= 4 is 10.9 Å². The number of rotatable bonds is 2. The van der Waals surface area contributed by atoms with Gasteiger partial charge in [-0.25, -0.2) is 0 Å². The fourth-order valence-electron chi connectivity index (χ4n) is 1.92. The van der Waals surface area contributed by atoms with Crippen molar-refractivity contribution in [2.75, 3.05) is 7.11 Å². The first-order valence-electron chi connectivity index (χ1n) is 5.10. The zero-order valence-corrected chi connectivity index (χ0v) is 9.43. The summed E-state index contributed by atoms with van der Waals surface area (Å²) in [5.74, 6) is 0.321. The molecule has 0 spiro atoms. The fraction of sp³-hybridized carbons (Fsp3) is 0.250. The molecule has 94 valence electrons. The van der Waals surface area contributed by atoms with Crippen LogP contribution in [-0.2, 0) is 12.6 Å². The van der Waals surface area contributed by atoms with Gasteiger partial charge in [-0.2, -0.15) is 18.4 Å². The molecule has 0 aliphatic carbocycles. The number of alkyl halides is 3. The number of nitrogens with zero attached hydrogens (tertiary/aromatic N) is 1. The SMILES string of the molecule is COc1cccc2c(CC#N)c(C(F)(F)F)[nH]c12. The molecule has 0 saturated carbocycles. The summed E-state index contributed by atoms with van der Waals surface area (Å²) in [6.45, 7) is 0. The number of aromatic amines is 1. The van der Waals surface area contributed by atoms with Crippen molar-refractivity contribution in [1.82, 2.24) is 4.98 Å². The first-order valence-corrected chi connectivity index (χ1v) is 5.10. The molecule has 0 fully saturated rings. The van der Waals surface area contributed by atoms with Crippen molar-refractivity contribution in [3.8, 4) is 11.8 Å². The Morgan fingerprint density at radius 1 is 1.39 bits per heavy atom. The molecule has 2 aromatic rings. The molecular weight excluding hydrogens is 245 g/mol. The minimum absolute atomic E-state index is 0.0427. The second kappa shape index (κ2) is 4.26. The predicted octanol–water partition coefficient (Wildman–Crippen LogP) is 3.26. The van der Waals surface area contributed by atoms with Crippen LogP contribution >= 0.6 is 0 Å². The number of nitriles is 1. The number of halogens is 3. The fourth-order valence-corrected chi connectivity index (χ4v) is 1.92. The summed E-state index contributed by atoms with van der Waals surface area (Å²) in [5.41, 5.74) is -0.667. The molecule has 18 heavy (non-hydrogen) atoms. The maximum absolute atomic E-state index is 12.9. The summed E-state index contributed by atoms with van der Waals surface area (Å²) in [5, 5.41) is 9.02. The third-order valence-corrected chi connectivity index (χ3v) is 2.66. The number of benzene rings is 1. The standard InChI is InChI=1S/C12H9F3N2O/c1-18-9-4-2-3-7-8(5-6-16)11(12(13,14)15)17-10(7)9/h2-4,17H,5H2,1H3. The summed E-state index contributed by atoms with van der Waals surface area (Å²) < 4.78 is 43.6. The van der Waals surface area contributed by atoms with Crippen molar-refractivity contribution in [3.05, 3.63) is 29.5 Å². The molecule has 0 saturated heterocycles. The van der Waals surface area contributed by atoms with Crippen LogP contribution in [0.4, 0.5) is 13.2 Å². The molecule has 1 heterocycles. The van der Waals surface area contributed by atoms with Gasteiger partial charge < -0.3 is 9.72 Å². The number of H-pyrrole nitrogens is 1. The summed E-state index contributed by atoms with van der Waals surface area (Å²) in [4.78, 5) is 2.31. The van der Waals surface area contributed by atoms with Crippen LogP contribution in [0.5, 0.6) is 5.75 Å². The Kier molecular flexibility index (Phi) is 2.91. The van der Waals surface area contributed by atoms with Crippen LogP contribution in [0.25, 0.3) is 10.9 Å². The second-order valence-corrected chi connectivity index (χ2v) is 3.69. The maximum Gasteiger partial charge on any atom is 0.431 e. The molecule has 1 N–H and O–H groups in total. The van der Waals surface area contributed by atoms with Crippen molar-refractivity contribution < 1.29 is 17.9 Å². The quantitative estimate of drug-likeness (QED) is 0.894. The topological polar surface area (TPSA) is 48.8 Å². The van der Waals surface area contributed by atoms with Crippen LogP contribution in [0.3, 0.4) is 0 Å². The van der Waals surface area contributed by atoms with E-state index >= 15 is 0 Å². The van der Waals surface area contributed by atoms with Crippen LogP contribution in [0.15, 0.2) is 18.2 Å². The van der Waals surface area contributed by atoms with Crippen molar-refractivity contribution in [2.45, 2.75) is 12.6 Å². The van der Waals surface area contributed by atoms with Crippen LogP contribution in [0, 0.1) is 11.3 Å². The highest BCUT2D eigenvalue weighted by Gasteiger charge is 2.36. The largest absolute Gasteiger partial charge is 0.495 e. The molecule has 6 heteroatoms. The third-order valence-electron chi connectivity index (χ3n) is 2.66. The molecule has 2 rings (SSSR count). The molecule has 1 aromatic carbocycles. The zero-order chi connectivity index (χ0) is 13.3. The summed E-state index contributed by atoms with van der Waals surface area (Å²) in [6.07, 6.45) is -4.82. The molecule has 3 nitrogen and oxygen atoms in total. The molecule has 0 aliphatic heterocycles. The molecule has 0 amide bonds. The number of ether oxygens (including phenoxy) is 1. The van der Waals surface area contributed by atoms with Crippen LogP contribution in [-0.4, -0.2) is 12.1 Å². The van der Waals surface area contributed by atoms with E-state index < -0.39 is 11.9 Å². The Morgan fingerprint density at radius 3 is 2.67 bits per heavy atom. The zero-order valence-electron chi connectivity index (χ0n) is 9.43. The Labute approximate surface area is 101 Å². The van der Waals surface area contributed by atoms with Gasteiger partial charge in [-0.1, -0.05) is 12.1 Å². The Balaban J connectivity index is 2.79. The molecule has 0 atom stereocenters. The van der Waals surface area contributed by atoms with Crippen molar-refractivity contribution in [1.29, 1.82) is 5.26 Å². The molecule has 0 unspecified atom stereocenters. The first-order chi connectivity index (χ1) is 8.49. The van der Waals surface area contributed by atoms with Crippen molar-refractivity contribution in [2.24, 2.45) is 0 Å². The van der Waals surface area contributed by atoms with E-state index in [1.807, 2.05) is 0 Å². The normalized spacial score (nSPS) is 11.5. The van der Waals surface area contributed by atoms with Crippen molar-refractivity contribution in [3.63, 3.8) is 0 Å². The average Bonchev–Trinajstić information content (AvgIpc) is 2.68. The second-order valence-electron chi connectivity index (χ2n) is 3.69. The van der Waals surface area contributed by atoms with Crippen LogP contribution in [0.2, 0.25) is 0 Å². The highest BCUT2D eigenvalue weighted by atomic mass is 19.4. The van der Waals surface area contributed by atoms with Crippen LogP contribution in [0.1, 0.15) is 11.3 Å². The number of hydrogen-bond donors (Lipinski definition) is 1. The third kappa shape index (κ3) is 1.88. The van der Waals surface area contributed by atoms with E-state index in [-0.39, 0.29) is 17.5 Å². The summed E-state index contributed by atoms with van der Waals surface area (Å²) in [7, 11) is 1.38. The first kappa shape index (κ1) is 12.3. The number of aromatic nitrogens is 1. The summed E-state index contributed by atoms with van der Waals surface area (Å²) >= 11 is 0. The lowest BCUT2D eigenvalue weighted by molar-refractivity contribution is -0.141. The van der Waals surface area contributed by atoms with E-state index in [9.17, 15) is 13.2 Å². The van der Waals surface area contributed by atoms with Gasteiger partial charge >= 0.3 is 6.18 Å². The lowest BCUT2D eigenvalue weighted by Crippen LogP contribution is -2.08. The molecule has 0 aliphatic rings. The number of para-hydroxylation sites is 1. The average molecular weight is 254 g/mol. The minimum Gasteiger partial charge on any atom is -0.495 e. The van der Waals surface area contributed by atoms with Crippen LogP contribution < -0.4 is 4.74 Å². The molecule has 1 aromatic heterocycles. The lowest BCUT2D eigenvalue weighted by Gasteiger charge is -2.05. The van der Waals surface area contributed by atoms with Gasteiger partial charge in [0.1, 0.15) is 11.4 Å². The van der Waals surface area contributed by atoms with E-state index in [2.05, 4.69) is 4.98 Å².